The highest BCUT2D eigenvalue weighted by atomic mass is 32.1. The Morgan fingerprint density at radius 1 is 0.678 bits per heavy atom. The molecule has 0 saturated carbocycles. The highest BCUT2D eigenvalue weighted by Crippen LogP contribution is 2.31. The summed E-state index contributed by atoms with van der Waals surface area (Å²) in [5.41, 5.74) is 2.12. The molecule has 4 aromatic rings. The average molecular weight is 816 g/mol. The van der Waals surface area contributed by atoms with Crippen LogP contribution in [0.2, 0.25) is 0 Å². The smallest absolute Gasteiger partial charge is 0.251 e. The summed E-state index contributed by atoms with van der Waals surface area (Å²) in [6, 6.07) is 18.3. The molecule has 0 radical (unpaired) electrons. The molecule has 1 fully saturated rings. The number of anilines is 1. The summed E-state index contributed by atoms with van der Waals surface area (Å²) in [6.45, 7) is 8.64. The number of piperazine rings is 1. The van der Waals surface area contributed by atoms with Gasteiger partial charge in [-0.25, -0.2) is 0 Å². The van der Waals surface area contributed by atoms with Gasteiger partial charge in [0.05, 0.1) is 12.1 Å². The van der Waals surface area contributed by atoms with E-state index in [1.165, 1.54) is 41.5 Å². The third-order valence-corrected chi connectivity index (χ3v) is 12.0. The van der Waals surface area contributed by atoms with Gasteiger partial charge >= 0.3 is 0 Å². The van der Waals surface area contributed by atoms with Crippen LogP contribution in [0.3, 0.4) is 0 Å². The number of carbonyl (C=O) groups is 1. The van der Waals surface area contributed by atoms with Crippen LogP contribution in [0.4, 0.5) is 5.69 Å². The molecule has 2 aromatic heterocycles. The van der Waals surface area contributed by atoms with Gasteiger partial charge < -0.3 is 14.2 Å². The van der Waals surface area contributed by atoms with Crippen molar-refractivity contribution in [2.75, 3.05) is 44.2 Å². The lowest BCUT2D eigenvalue weighted by molar-refractivity contribution is -0.119. The molecule has 316 valence electrons. The van der Waals surface area contributed by atoms with Gasteiger partial charge in [-0.05, 0) is 124 Å². The van der Waals surface area contributed by atoms with E-state index in [2.05, 4.69) is 107 Å². The molecular formula is C52H69N3O3S. The number of hydrogen-bond acceptors (Lipinski definition) is 6. The van der Waals surface area contributed by atoms with Crippen LogP contribution in [-0.2, 0) is 11.3 Å². The van der Waals surface area contributed by atoms with Gasteiger partial charge in [0.1, 0.15) is 11.5 Å². The van der Waals surface area contributed by atoms with E-state index in [1.54, 1.807) is 10.6 Å². The Morgan fingerprint density at radius 2 is 1.36 bits per heavy atom. The predicted octanol–water partition coefficient (Wildman–Crippen LogP) is 13.0. The van der Waals surface area contributed by atoms with E-state index < -0.39 is 0 Å². The molecule has 0 spiro atoms. The van der Waals surface area contributed by atoms with Crippen molar-refractivity contribution in [3.05, 3.63) is 131 Å². The van der Waals surface area contributed by atoms with Crippen molar-refractivity contribution in [1.29, 1.82) is 0 Å². The van der Waals surface area contributed by atoms with E-state index in [1.807, 2.05) is 35.6 Å². The zero-order chi connectivity index (χ0) is 41.2. The summed E-state index contributed by atoms with van der Waals surface area (Å²) in [7, 11) is 0. The first-order valence-corrected chi connectivity index (χ1v) is 23.5. The Kier molecular flexibility index (Phi) is 21.1. The minimum atomic E-state index is -0.0764. The number of aromatic nitrogens is 1. The van der Waals surface area contributed by atoms with Crippen LogP contribution in [0.5, 0.6) is 5.75 Å². The topological polar surface area (TPSA) is 54.8 Å². The van der Waals surface area contributed by atoms with Crippen LogP contribution in [0.25, 0.3) is 21.0 Å². The van der Waals surface area contributed by atoms with Crippen LogP contribution >= 0.6 is 11.3 Å². The summed E-state index contributed by atoms with van der Waals surface area (Å²) < 4.78 is 9.26. The summed E-state index contributed by atoms with van der Waals surface area (Å²) in [6.07, 6.45) is 38.7. The molecule has 1 saturated heterocycles. The second-order valence-electron chi connectivity index (χ2n) is 15.7. The number of rotatable bonds is 28. The lowest BCUT2D eigenvalue weighted by Gasteiger charge is -2.36. The van der Waals surface area contributed by atoms with Gasteiger partial charge in [-0.1, -0.05) is 93.0 Å². The molecule has 6 nitrogen and oxygen atoms in total. The van der Waals surface area contributed by atoms with Crippen molar-refractivity contribution in [1.82, 2.24) is 9.47 Å². The van der Waals surface area contributed by atoms with E-state index in [0.717, 1.165) is 114 Å². The molecule has 0 amide bonds. The maximum Gasteiger partial charge on any atom is 0.251 e. The minimum Gasteiger partial charge on any atom is -0.494 e. The molecule has 2 aromatic carbocycles. The number of allylic oxidation sites excluding steroid dienone is 10. The van der Waals surface area contributed by atoms with Crippen molar-refractivity contribution in [3.63, 3.8) is 0 Å². The van der Waals surface area contributed by atoms with Crippen molar-refractivity contribution in [3.8, 4) is 5.75 Å². The van der Waals surface area contributed by atoms with Gasteiger partial charge in [0.2, 0.25) is 0 Å². The molecule has 0 bridgehead atoms. The quantitative estimate of drug-likeness (QED) is 0.0422. The van der Waals surface area contributed by atoms with Crippen LogP contribution in [-0.4, -0.2) is 54.6 Å². The zero-order valence-corrected chi connectivity index (χ0v) is 36.6. The molecule has 1 aliphatic rings. The number of benzene rings is 2. The van der Waals surface area contributed by atoms with Gasteiger partial charge in [-0.3, -0.25) is 14.5 Å². The first-order chi connectivity index (χ1) is 29.1. The number of ether oxygens (including phenoxy) is 1. The minimum absolute atomic E-state index is 0.0764. The Balaban J connectivity index is 0.894. The summed E-state index contributed by atoms with van der Waals surface area (Å²) >= 11 is 1.81. The molecule has 5 rings (SSSR count). The number of thiophene rings is 1. The standard InChI is InChI=1S/C52H69N3O3S/c1-2-3-4-5-6-7-8-9-10-11-12-13-14-15-16-17-18-19-20-21-22-23-27-46(56)34-37-55-50-44-47(32-30-45(50)31-33-52(55)57)58-42-25-24-36-53-38-40-54(41-39-53)49-28-26-29-51-48(49)35-43-59-51/h6-7,9-10,12-13,15-16,18-19,26,28-33,35,43-44H,2-5,8,11,14,17,20-25,27,34,36-42H2,1H3/b7-6-,10-9-,13-12-,16-15-,19-18-. The van der Waals surface area contributed by atoms with Gasteiger partial charge in [0.25, 0.3) is 5.56 Å². The van der Waals surface area contributed by atoms with Crippen LogP contribution in [0.15, 0.2) is 126 Å². The number of unbranched alkanes of at least 4 members (excludes halogenated alkanes) is 7. The molecule has 7 heteroatoms. The second kappa shape index (κ2) is 27.3. The molecule has 0 atom stereocenters. The zero-order valence-electron chi connectivity index (χ0n) is 35.8. The highest BCUT2D eigenvalue weighted by Gasteiger charge is 2.18. The predicted molar refractivity (Wildman–Crippen MR) is 254 cm³/mol. The second-order valence-corrected chi connectivity index (χ2v) is 16.7. The number of carbonyl (C=O) groups excluding carboxylic acids is 1. The Labute approximate surface area is 358 Å². The number of ketones is 1. The molecule has 1 aliphatic heterocycles. The average Bonchev–Trinajstić information content (AvgIpc) is 3.75. The third kappa shape index (κ3) is 16.6. The number of fused-ring (bicyclic) bond motifs is 2. The van der Waals surface area contributed by atoms with E-state index in [9.17, 15) is 9.59 Å². The number of pyridine rings is 1. The molecule has 59 heavy (non-hydrogen) atoms. The number of Topliss-reactive ketones (excluding diaryl/α,β-unsaturated/α-hetero) is 1. The molecule has 3 heterocycles. The number of aryl methyl sites for hydroxylation is 1. The van der Waals surface area contributed by atoms with Crippen LogP contribution < -0.4 is 15.2 Å². The molecular weight excluding hydrogens is 747 g/mol. The number of hydrogen-bond donors (Lipinski definition) is 0. The largest absolute Gasteiger partial charge is 0.494 e. The molecule has 0 N–H and O–H groups in total. The van der Waals surface area contributed by atoms with E-state index in [0.29, 0.717) is 26.0 Å². The van der Waals surface area contributed by atoms with Crippen molar-refractivity contribution < 1.29 is 9.53 Å². The van der Waals surface area contributed by atoms with Crippen LogP contribution in [0, 0.1) is 0 Å². The Morgan fingerprint density at radius 3 is 2.07 bits per heavy atom. The van der Waals surface area contributed by atoms with Crippen LogP contribution in [0.1, 0.15) is 110 Å². The summed E-state index contributed by atoms with van der Waals surface area (Å²) in [5.74, 6) is 0.992. The summed E-state index contributed by atoms with van der Waals surface area (Å²) in [5, 5.41) is 4.54. The fraction of sp³-hybridized carbons (Fsp3) is 0.462. The Hall–Kier alpha value is -4.46. The molecule has 0 aliphatic carbocycles. The monoisotopic (exact) mass is 816 g/mol. The lowest BCUT2D eigenvalue weighted by atomic mass is 10.1. The fourth-order valence-electron chi connectivity index (χ4n) is 7.64. The maximum absolute atomic E-state index is 12.9. The van der Waals surface area contributed by atoms with E-state index >= 15 is 0 Å². The first-order valence-electron chi connectivity index (χ1n) is 22.6. The van der Waals surface area contributed by atoms with E-state index in [4.69, 9.17) is 4.74 Å². The molecule has 0 unspecified atom stereocenters. The van der Waals surface area contributed by atoms with Crippen molar-refractivity contribution in [2.45, 2.75) is 116 Å². The summed E-state index contributed by atoms with van der Waals surface area (Å²) in [4.78, 5) is 30.8. The third-order valence-electron chi connectivity index (χ3n) is 11.1. The Bertz CT molecular complexity index is 2030. The van der Waals surface area contributed by atoms with Gasteiger partial charge in [-0.15, -0.1) is 11.3 Å². The first kappa shape index (κ1) is 45.6. The highest BCUT2D eigenvalue weighted by molar-refractivity contribution is 7.17. The number of nitrogens with zero attached hydrogens (tertiary/aromatic N) is 3. The maximum atomic E-state index is 12.9. The van der Waals surface area contributed by atoms with E-state index in [-0.39, 0.29) is 11.3 Å². The van der Waals surface area contributed by atoms with Gasteiger partial charge in [0, 0.05) is 73.5 Å². The van der Waals surface area contributed by atoms with Gasteiger partial charge in [-0.2, -0.15) is 0 Å². The van der Waals surface area contributed by atoms with Gasteiger partial charge in [0.15, 0.2) is 0 Å². The normalized spacial score (nSPS) is 14.2. The van der Waals surface area contributed by atoms with Crippen molar-refractivity contribution in [2.24, 2.45) is 0 Å². The fourth-order valence-corrected chi connectivity index (χ4v) is 8.44. The van der Waals surface area contributed by atoms with Crippen molar-refractivity contribution >= 4 is 43.8 Å². The SMILES string of the molecule is CCCCC/C=C\C/C=C\C/C=C\C/C=C\C/C=C\CCCCCC(=O)CCn1c(=O)ccc2ccc(OCCCCN3CCN(c4cccc5sccc45)CC3)cc21. The lowest BCUT2D eigenvalue weighted by Crippen LogP contribution is -2.46.